The molecule has 0 amide bonds. The van der Waals surface area contributed by atoms with E-state index >= 15 is 0 Å². The van der Waals surface area contributed by atoms with Gasteiger partial charge in [0.25, 0.3) is 0 Å². The maximum Gasteiger partial charge on any atom is 0.344 e. The molecule has 0 saturated heterocycles. The summed E-state index contributed by atoms with van der Waals surface area (Å²) in [5.41, 5.74) is 0.761. The monoisotopic (exact) mass is 266 g/mol. The van der Waals surface area contributed by atoms with Gasteiger partial charge < -0.3 is 14.6 Å². The number of hydrogen-bond acceptors (Lipinski definition) is 5. The van der Waals surface area contributed by atoms with Crippen LogP contribution in [0.1, 0.15) is 36.7 Å². The molecule has 0 spiro atoms. The summed E-state index contributed by atoms with van der Waals surface area (Å²) in [6.45, 7) is 4.99. The number of esters is 1. The maximum absolute atomic E-state index is 11.3. The lowest BCUT2D eigenvalue weighted by atomic mass is 10.0. The largest absolute Gasteiger partial charge is 0.507 e. The molecule has 1 N–H and O–H groups in total. The van der Waals surface area contributed by atoms with Crippen molar-refractivity contribution in [3.63, 3.8) is 0 Å². The van der Waals surface area contributed by atoms with Gasteiger partial charge in [-0.05, 0) is 32.4 Å². The average molecular weight is 266 g/mol. The molecule has 0 fully saturated rings. The highest BCUT2D eigenvalue weighted by molar-refractivity contribution is 5.97. The predicted octanol–water partition coefficient (Wildman–Crippen LogP) is 2.10. The quantitative estimate of drug-likeness (QED) is 0.630. The molecule has 104 valence electrons. The molecule has 0 aromatic heterocycles. The lowest BCUT2D eigenvalue weighted by Gasteiger charge is -2.13. The van der Waals surface area contributed by atoms with Crippen LogP contribution < -0.4 is 4.74 Å². The van der Waals surface area contributed by atoms with Crippen LogP contribution in [-0.4, -0.2) is 30.1 Å². The van der Waals surface area contributed by atoms with Crippen molar-refractivity contribution in [3.8, 4) is 11.5 Å². The standard InChI is InChI=1S/C14H18O5/c1-4-10-12(19-8-13(16)18-5-2)7-6-11(9(3)15)14(10)17/h6-7,17H,4-5,8H2,1-3H3. The number of hydrogen-bond donors (Lipinski definition) is 1. The number of ketones is 1. The first-order valence-electron chi connectivity index (χ1n) is 6.15. The fourth-order valence-electron chi connectivity index (χ4n) is 1.72. The first-order chi connectivity index (χ1) is 9.01. The minimum absolute atomic E-state index is 0.0867. The highest BCUT2D eigenvalue weighted by Gasteiger charge is 2.15. The summed E-state index contributed by atoms with van der Waals surface area (Å²) in [5.74, 6) is -0.391. The van der Waals surface area contributed by atoms with Crippen molar-refractivity contribution >= 4 is 11.8 Å². The van der Waals surface area contributed by atoms with E-state index in [1.54, 1.807) is 13.0 Å². The Morgan fingerprint density at radius 1 is 1.26 bits per heavy atom. The summed E-state index contributed by atoms with van der Waals surface area (Å²) in [4.78, 5) is 22.5. The van der Waals surface area contributed by atoms with E-state index < -0.39 is 5.97 Å². The summed E-state index contributed by atoms with van der Waals surface area (Å²) >= 11 is 0. The Bertz CT molecular complexity index is 479. The normalized spacial score (nSPS) is 10.1. The van der Waals surface area contributed by atoms with E-state index in [0.717, 1.165) is 0 Å². The second-order valence-corrected chi connectivity index (χ2v) is 3.94. The number of phenolic OH excluding ortho intramolecular Hbond substituents is 1. The fraction of sp³-hybridized carbons (Fsp3) is 0.429. The Hall–Kier alpha value is -2.04. The Labute approximate surface area is 112 Å². The molecular weight excluding hydrogens is 248 g/mol. The zero-order valence-electron chi connectivity index (χ0n) is 11.4. The fourth-order valence-corrected chi connectivity index (χ4v) is 1.72. The molecule has 0 aliphatic carbocycles. The van der Waals surface area contributed by atoms with Crippen molar-refractivity contribution in [1.82, 2.24) is 0 Å². The number of rotatable bonds is 6. The number of carbonyl (C=O) groups excluding carboxylic acids is 2. The first kappa shape index (κ1) is 15.0. The van der Waals surface area contributed by atoms with Crippen LogP contribution in [0.25, 0.3) is 0 Å². The van der Waals surface area contributed by atoms with Crippen LogP contribution in [0.3, 0.4) is 0 Å². The third-order valence-corrected chi connectivity index (χ3v) is 2.62. The number of aromatic hydroxyl groups is 1. The molecule has 0 radical (unpaired) electrons. The van der Waals surface area contributed by atoms with E-state index in [1.807, 2.05) is 6.92 Å². The first-order valence-corrected chi connectivity index (χ1v) is 6.15. The van der Waals surface area contributed by atoms with Gasteiger partial charge in [-0.25, -0.2) is 4.79 Å². The predicted molar refractivity (Wildman–Crippen MR) is 69.6 cm³/mol. The molecule has 5 heteroatoms. The molecule has 19 heavy (non-hydrogen) atoms. The maximum atomic E-state index is 11.3. The van der Waals surface area contributed by atoms with Crippen LogP contribution in [0.2, 0.25) is 0 Å². The summed E-state index contributed by atoms with van der Waals surface area (Å²) in [7, 11) is 0. The Morgan fingerprint density at radius 3 is 2.47 bits per heavy atom. The summed E-state index contributed by atoms with van der Waals surface area (Å²) in [6.07, 6.45) is 0.491. The topological polar surface area (TPSA) is 72.8 Å². The van der Waals surface area contributed by atoms with Crippen LogP contribution >= 0.6 is 0 Å². The van der Waals surface area contributed by atoms with E-state index in [1.165, 1.54) is 13.0 Å². The van der Waals surface area contributed by atoms with Gasteiger partial charge in [-0.2, -0.15) is 0 Å². The van der Waals surface area contributed by atoms with Crippen molar-refractivity contribution < 1.29 is 24.2 Å². The SMILES string of the molecule is CCOC(=O)COc1ccc(C(C)=O)c(O)c1CC. The van der Waals surface area contributed by atoms with Gasteiger partial charge in [0.05, 0.1) is 12.2 Å². The van der Waals surface area contributed by atoms with Gasteiger partial charge in [-0.3, -0.25) is 4.79 Å². The Kier molecular flexibility index (Phi) is 5.36. The van der Waals surface area contributed by atoms with Gasteiger partial charge in [0.15, 0.2) is 12.4 Å². The average Bonchev–Trinajstić information content (AvgIpc) is 2.36. The van der Waals surface area contributed by atoms with Crippen molar-refractivity contribution in [1.29, 1.82) is 0 Å². The molecular formula is C14H18O5. The van der Waals surface area contributed by atoms with E-state index in [2.05, 4.69) is 0 Å². The van der Waals surface area contributed by atoms with Crippen molar-refractivity contribution in [3.05, 3.63) is 23.3 Å². The van der Waals surface area contributed by atoms with Gasteiger partial charge in [0.2, 0.25) is 0 Å². The second-order valence-electron chi connectivity index (χ2n) is 3.94. The van der Waals surface area contributed by atoms with E-state index in [-0.39, 0.29) is 30.3 Å². The Morgan fingerprint density at radius 2 is 1.95 bits per heavy atom. The highest BCUT2D eigenvalue weighted by atomic mass is 16.6. The van der Waals surface area contributed by atoms with Crippen molar-refractivity contribution in [2.45, 2.75) is 27.2 Å². The second kappa shape index (κ2) is 6.78. The van der Waals surface area contributed by atoms with Gasteiger partial charge >= 0.3 is 5.97 Å². The third-order valence-electron chi connectivity index (χ3n) is 2.62. The Balaban J connectivity index is 2.93. The van der Waals surface area contributed by atoms with Crippen molar-refractivity contribution in [2.75, 3.05) is 13.2 Å². The van der Waals surface area contributed by atoms with Crippen LogP contribution in [0.4, 0.5) is 0 Å². The minimum atomic E-state index is -0.473. The molecule has 0 heterocycles. The molecule has 0 atom stereocenters. The molecule has 0 aliphatic rings. The lowest BCUT2D eigenvalue weighted by molar-refractivity contribution is -0.145. The summed E-state index contributed by atoms with van der Waals surface area (Å²) in [5, 5.41) is 9.99. The summed E-state index contributed by atoms with van der Waals surface area (Å²) < 4.78 is 10.1. The summed E-state index contributed by atoms with van der Waals surface area (Å²) in [6, 6.07) is 3.06. The van der Waals surface area contributed by atoms with Gasteiger partial charge in [0.1, 0.15) is 11.5 Å². The van der Waals surface area contributed by atoms with Gasteiger partial charge in [-0.15, -0.1) is 0 Å². The van der Waals surface area contributed by atoms with Gasteiger partial charge in [0, 0.05) is 5.56 Å². The number of Topliss-reactive ketones (excluding diaryl/α,β-unsaturated/α-hetero) is 1. The zero-order valence-corrected chi connectivity index (χ0v) is 11.4. The van der Waals surface area contributed by atoms with Crippen LogP contribution in [0, 0.1) is 0 Å². The number of benzene rings is 1. The number of phenols is 1. The molecule has 1 rings (SSSR count). The van der Waals surface area contributed by atoms with E-state index in [4.69, 9.17) is 9.47 Å². The molecule has 0 aliphatic heterocycles. The molecule has 0 saturated carbocycles. The highest BCUT2D eigenvalue weighted by Crippen LogP contribution is 2.32. The number of carbonyl (C=O) groups is 2. The number of ether oxygens (including phenoxy) is 2. The molecule has 1 aromatic carbocycles. The van der Waals surface area contributed by atoms with E-state index in [9.17, 15) is 14.7 Å². The van der Waals surface area contributed by atoms with Crippen LogP contribution in [-0.2, 0) is 16.0 Å². The molecule has 0 bridgehead atoms. The molecule has 1 aromatic rings. The zero-order chi connectivity index (χ0) is 14.4. The van der Waals surface area contributed by atoms with E-state index in [0.29, 0.717) is 17.7 Å². The molecule has 0 unspecified atom stereocenters. The molecule has 5 nitrogen and oxygen atoms in total. The smallest absolute Gasteiger partial charge is 0.344 e. The third kappa shape index (κ3) is 3.71. The van der Waals surface area contributed by atoms with Crippen molar-refractivity contribution in [2.24, 2.45) is 0 Å². The van der Waals surface area contributed by atoms with Crippen LogP contribution in [0.5, 0.6) is 11.5 Å². The van der Waals surface area contributed by atoms with Crippen LogP contribution in [0.15, 0.2) is 12.1 Å². The lowest BCUT2D eigenvalue weighted by Crippen LogP contribution is -2.15. The van der Waals surface area contributed by atoms with Gasteiger partial charge in [-0.1, -0.05) is 6.92 Å². The minimum Gasteiger partial charge on any atom is -0.507 e.